The molecule has 18 heavy (non-hydrogen) atoms. The molecule has 5 heteroatoms. The van der Waals surface area contributed by atoms with Crippen molar-refractivity contribution in [2.45, 2.75) is 18.1 Å². The molecule has 0 unspecified atom stereocenters. The van der Waals surface area contributed by atoms with Gasteiger partial charge in [0.25, 0.3) is 0 Å². The van der Waals surface area contributed by atoms with Gasteiger partial charge in [-0.25, -0.2) is 9.59 Å². The van der Waals surface area contributed by atoms with Gasteiger partial charge in [0, 0.05) is 6.42 Å². The smallest absolute Gasteiger partial charge is 0.341 e. The summed E-state index contributed by atoms with van der Waals surface area (Å²) >= 11 is 0. The Hall–Kier alpha value is -1.88. The minimum atomic E-state index is -0.732. The number of esters is 2. The first-order valence-electron chi connectivity index (χ1n) is 5.77. The van der Waals surface area contributed by atoms with E-state index in [9.17, 15) is 9.59 Å². The van der Waals surface area contributed by atoms with Gasteiger partial charge in [-0.15, -0.1) is 0 Å². The Kier molecular flexibility index (Phi) is 2.56. The van der Waals surface area contributed by atoms with Gasteiger partial charge < -0.3 is 14.2 Å². The monoisotopic (exact) mass is 248 g/mol. The summed E-state index contributed by atoms with van der Waals surface area (Å²) in [5.74, 6) is -0.757. The van der Waals surface area contributed by atoms with Crippen molar-refractivity contribution in [3.8, 4) is 0 Å². The molecule has 0 saturated carbocycles. The number of carbonyl (C=O) groups excluding carboxylic acids is 2. The molecule has 0 bridgehead atoms. The molecular weight excluding hydrogens is 236 g/mol. The van der Waals surface area contributed by atoms with E-state index in [0.29, 0.717) is 18.6 Å². The molecular formula is C13H12O5. The lowest BCUT2D eigenvalue weighted by Crippen LogP contribution is -2.19. The second-order valence-corrected chi connectivity index (χ2v) is 4.48. The molecule has 0 aromatic heterocycles. The molecule has 94 valence electrons. The van der Waals surface area contributed by atoms with Crippen LogP contribution in [0.3, 0.4) is 0 Å². The highest BCUT2D eigenvalue weighted by Gasteiger charge is 2.60. The zero-order valence-corrected chi connectivity index (χ0v) is 9.63. The first-order valence-corrected chi connectivity index (χ1v) is 5.77. The highest BCUT2D eigenvalue weighted by Crippen LogP contribution is 2.39. The zero-order valence-electron chi connectivity index (χ0n) is 9.63. The number of hydrogen-bond acceptors (Lipinski definition) is 5. The van der Waals surface area contributed by atoms with E-state index in [1.165, 1.54) is 0 Å². The first-order chi connectivity index (χ1) is 8.70. The number of cyclic esters (lactones) is 1. The van der Waals surface area contributed by atoms with Crippen molar-refractivity contribution in [3.05, 3.63) is 35.9 Å². The van der Waals surface area contributed by atoms with E-state index in [2.05, 4.69) is 0 Å². The maximum Gasteiger partial charge on any atom is 0.341 e. The van der Waals surface area contributed by atoms with Crippen molar-refractivity contribution >= 4 is 11.9 Å². The molecule has 2 fully saturated rings. The van der Waals surface area contributed by atoms with Crippen molar-refractivity contribution in [3.63, 3.8) is 0 Å². The average Bonchev–Trinajstić information content (AvgIpc) is 3.10. The molecule has 2 atom stereocenters. The Morgan fingerprint density at radius 3 is 2.72 bits per heavy atom. The predicted molar refractivity (Wildman–Crippen MR) is 59.9 cm³/mol. The second-order valence-electron chi connectivity index (χ2n) is 4.48. The Labute approximate surface area is 104 Å². The molecule has 2 aliphatic heterocycles. The number of hydrogen-bond donors (Lipinski definition) is 0. The number of rotatable bonds is 3. The molecule has 1 aromatic carbocycles. The molecule has 2 saturated heterocycles. The standard InChI is InChI=1S/C13H12O5/c14-11(9-4-2-1-3-5-9)16-7-10-6-13(8-17-13)12(15)18-10/h1-5,10H,6-8H2/t10-,13+/m1/s1. The molecule has 0 radical (unpaired) electrons. The van der Waals surface area contributed by atoms with Gasteiger partial charge in [-0.3, -0.25) is 0 Å². The van der Waals surface area contributed by atoms with Crippen molar-refractivity contribution in [2.24, 2.45) is 0 Å². The molecule has 2 aliphatic rings. The Balaban J connectivity index is 1.53. The maximum atomic E-state index is 11.7. The Bertz CT molecular complexity index is 477. The van der Waals surface area contributed by atoms with Crippen LogP contribution in [0.15, 0.2) is 30.3 Å². The van der Waals surface area contributed by atoms with Crippen molar-refractivity contribution in [1.29, 1.82) is 0 Å². The minimum Gasteiger partial charge on any atom is -0.458 e. The van der Waals surface area contributed by atoms with E-state index in [-0.39, 0.29) is 12.6 Å². The highest BCUT2D eigenvalue weighted by molar-refractivity contribution is 5.89. The molecule has 5 nitrogen and oxygen atoms in total. The largest absolute Gasteiger partial charge is 0.458 e. The average molecular weight is 248 g/mol. The topological polar surface area (TPSA) is 65.1 Å². The quantitative estimate of drug-likeness (QED) is 0.588. The second kappa shape index (κ2) is 4.10. The molecule has 2 heterocycles. The van der Waals surface area contributed by atoms with Crippen LogP contribution in [-0.2, 0) is 19.0 Å². The fourth-order valence-corrected chi connectivity index (χ4v) is 1.99. The van der Waals surface area contributed by atoms with Gasteiger partial charge in [0.1, 0.15) is 12.7 Å². The van der Waals surface area contributed by atoms with Crippen LogP contribution in [0.4, 0.5) is 0 Å². The lowest BCUT2D eigenvalue weighted by atomic mass is 10.1. The van der Waals surface area contributed by atoms with Crippen LogP contribution >= 0.6 is 0 Å². The van der Waals surface area contributed by atoms with Gasteiger partial charge in [-0.1, -0.05) is 18.2 Å². The lowest BCUT2D eigenvalue weighted by molar-refractivity contribution is -0.146. The third-order valence-corrected chi connectivity index (χ3v) is 3.11. The lowest BCUT2D eigenvalue weighted by Gasteiger charge is -2.09. The number of benzene rings is 1. The summed E-state index contributed by atoms with van der Waals surface area (Å²) in [6.07, 6.45) is 0.0705. The van der Waals surface area contributed by atoms with E-state index in [0.717, 1.165) is 0 Å². The van der Waals surface area contributed by atoms with Crippen molar-refractivity contribution < 1.29 is 23.8 Å². The van der Waals surface area contributed by atoms with E-state index < -0.39 is 17.7 Å². The summed E-state index contributed by atoms with van der Waals surface area (Å²) in [5, 5.41) is 0. The van der Waals surface area contributed by atoms with E-state index in [4.69, 9.17) is 14.2 Å². The number of carbonyl (C=O) groups is 2. The van der Waals surface area contributed by atoms with Gasteiger partial charge in [0.05, 0.1) is 12.2 Å². The molecule has 1 aromatic rings. The van der Waals surface area contributed by atoms with Crippen LogP contribution in [0.2, 0.25) is 0 Å². The van der Waals surface area contributed by atoms with E-state index in [1.54, 1.807) is 24.3 Å². The highest BCUT2D eigenvalue weighted by atomic mass is 16.7. The molecule has 0 N–H and O–H groups in total. The van der Waals surface area contributed by atoms with Gasteiger partial charge in [-0.05, 0) is 12.1 Å². The van der Waals surface area contributed by atoms with Crippen LogP contribution < -0.4 is 0 Å². The summed E-state index contributed by atoms with van der Waals surface area (Å²) in [4.78, 5) is 23.1. The minimum absolute atomic E-state index is 0.0740. The molecule has 0 amide bonds. The molecule has 0 aliphatic carbocycles. The maximum absolute atomic E-state index is 11.7. The Morgan fingerprint density at radius 1 is 1.39 bits per heavy atom. The summed E-state index contributed by atoms with van der Waals surface area (Å²) in [6.45, 7) is 0.486. The van der Waals surface area contributed by atoms with Crippen LogP contribution in [0.1, 0.15) is 16.8 Å². The van der Waals surface area contributed by atoms with Crippen molar-refractivity contribution in [1.82, 2.24) is 0 Å². The molecule has 1 spiro atoms. The summed E-state index contributed by atoms with van der Waals surface area (Å²) < 4.78 is 15.3. The third kappa shape index (κ3) is 1.97. The van der Waals surface area contributed by atoms with E-state index in [1.807, 2.05) is 6.07 Å². The van der Waals surface area contributed by atoms with Crippen LogP contribution in [-0.4, -0.2) is 36.9 Å². The zero-order chi connectivity index (χ0) is 12.6. The van der Waals surface area contributed by atoms with Gasteiger partial charge in [0.15, 0.2) is 5.60 Å². The van der Waals surface area contributed by atoms with Crippen LogP contribution in [0, 0.1) is 0 Å². The van der Waals surface area contributed by atoms with E-state index >= 15 is 0 Å². The first kappa shape index (κ1) is 11.2. The third-order valence-electron chi connectivity index (χ3n) is 3.11. The summed E-state index contributed by atoms with van der Waals surface area (Å²) in [7, 11) is 0. The summed E-state index contributed by atoms with van der Waals surface area (Å²) in [6, 6.07) is 8.70. The van der Waals surface area contributed by atoms with Gasteiger partial charge >= 0.3 is 11.9 Å². The number of epoxide rings is 1. The van der Waals surface area contributed by atoms with Crippen LogP contribution in [0.25, 0.3) is 0 Å². The normalized spacial score (nSPS) is 29.1. The summed E-state index contributed by atoms with van der Waals surface area (Å²) in [5.41, 5.74) is -0.247. The predicted octanol–water partition coefficient (Wildman–Crippen LogP) is 0.928. The number of ether oxygens (including phenoxy) is 3. The SMILES string of the molecule is O=C(OC[C@H]1C[C@]2(CO2)C(=O)O1)c1ccccc1. The van der Waals surface area contributed by atoms with Gasteiger partial charge in [-0.2, -0.15) is 0 Å². The Morgan fingerprint density at radius 2 is 2.11 bits per heavy atom. The van der Waals surface area contributed by atoms with Crippen molar-refractivity contribution in [2.75, 3.05) is 13.2 Å². The molecule has 3 rings (SSSR count). The fraction of sp³-hybridized carbons (Fsp3) is 0.385. The fourth-order valence-electron chi connectivity index (χ4n) is 1.99. The van der Waals surface area contributed by atoms with Crippen LogP contribution in [0.5, 0.6) is 0 Å². The van der Waals surface area contributed by atoms with Gasteiger partial charge in [0.2, 0.25) is 0 Å².